The van der Waals surface area contributed by atoms with E-state index in [1.807, 2.05) is 6.21 Å². The smallest absolute Gasteiger partial charge is 0.0123 e. The fourth-order valence-corrected chi connectivity index (χ4v) is 0.469. The van der Waals surface area contributed by atoms with Crippen LogP contribution in [0.2, 0.25) is 0 Å². The van der Waals surface area contributed by atoms with Crippen LogP contribution in [0.5, 0.6) is 0 Å². The van der Waals surface area contributed by atoms with E-state index in [0.717, 1.165) is 6.42 Å². The third-order valence-electron chi connectivity index (χ3n) is 0.768. The van der Waals surface area contributed by atoms with Gasteiger partial charge in [-0.05, 0) is 25.7 Å². The zero-order chi connectivity index (χ0) is 5.54. The first-order valence-electron chi connectivity index (χ1n) is 2.57. The van der Waals surface area contributed by atoms with E-state index in [0.29, 0.717) is 0 Å². The Balaban J connectivity index is 2.69. The van der Waals surface area contributed by atoms with Crippen molar-refractivity contribution in [3.8, 4) is 0 Å². The van der Waals surface area contributed by atoms with Gasteiger partial charge in [-0.3, -0.25) is 0 Å². The molecule has 0 aliphatic heterocycles. The molecule has 7 heavy (non-hydrogen) atoms. The van der Waals surface area contributed by atoms with Crippen LogP contribution in [0.25, 0.3) is 0 Å². The van der Waals surface area contributed by atoms with E-state index < -0.39 is 0 Å². The van der Waals surface area contributed by atoms with E-state index in [4.69, 9.17) is 0 Å². The van der Waals surface area contributed by atoms with Crippen LogP contribution < -0.4 is 0 Å². The largest absolute Gasteiger partial charge is 0.232 e. The van der Waals surface area contributed by atoms with Crippen LogP contribution in [0.3, 0.4) is 0 Å². The quantitative estimate of drug-likeness (QED) is 0.330. The highest BCUT2D eigenvalue weighted by Crippen LogP contribution is 1.89. The highest BCUT2D eigenvalue weighted by atomic mass is 32.1. The molecule has 0 heterocycles. The van der Waals surface area contributed by atoms with Gasteiger partial charge in [-0.25, -0.2) is 4.40 Å². The maximum atomic E-state index is 3.66. The van der Waals surface area contributed by atoms with Crippen molar-refractivity contribution in [1.82, 2.24) is 0 Å². The second-order valence-electron chi connectivity index (χ2n) is 1.44. The van der Waals surface area contributed by atoms with E-state index in [-0.39, 0.29) is 0 Å². The summed E-state index contributed by atoms with van der Waals surface area (Å²) in [6, 6.07) is 0. The maximum Gasteiger partial charge on any atom is 0.0123 e. The molecular weight excluding hydrogens is 106 g/mol. The van der Waals surface area contributed by atoms with E-state index in [1.165, 1.54) is 12.8 Å². The summed E-state index contributed by atoms with van der Waals surface area (Å²) in [5, 5.41) is 0. The molecule has 0 unspecified atom stereocenters. The van der Waals surface area contributed by atoms with Gasteiger partial charge in [0.05, 0.1) is 0 Å². The SMILES string of the molecule is CCCCC=NS. The van der Waals surface area contributed by atoms with Crippen molar-refractivity contribution in [3.05, 3.63) is 0 Å². The minimum atomic E-state index is 1.07. The van der Waals surface area contributed by atoms with Crippen molar-refractivity contribution in [1.29, 1.82) is 0 Å². The number of hydrogen-bond donors (Lipinski definition) is 1. The predicted molar refractivity (Wildman–Crippen MR) is 37.0 cm³/mol. The van der Waals surface area contributed by atoms with Crippen molar-refractivity contribution in [3.63, 3.8) is 0 Å². The Labute approximate surface area is 50.4 Å². The van der Waals surface area contributed by atoms with Gasteiger partial charge in [-0.2, -0.15) is 0 Å². The minimum absolute atomic E-state index is 1.07. The van der Waals surface area contributed by atoms with Gasteiger partial charge in [0, 0.05) is 6.21 Å². The average Bonchev–Trinajstić information content (AvgIpc) is 1.69. The topological polar surface area (TPSA) is 12.4 Å². The van der Waals surface area contributed by atoms with Crippen LogP contribution in [-0.4, -0.2) is 6.21 Å². The first-order valence-corrected chi connectivity index (χ1v) is 2.97. The van der Waals surface area contributed by atoms with Crippen LogP contribution in [0.1, 0.15) is 26.2 Å². The average molecular weight is 117 g/mol. The monoisotopic (exact) mass is 117 g/mol. The lowest BCUT2D eigenvalue weighted by molar-refractivity contribution is 0.843. The van der Waals surface area contributed by atoms with E-state index in [2.05, 4.69) is 24.1 Å². The summed E-state index contributed by atoms with van der Waals surface area (Å²) in [5.74, 6) is 0. The lowest BCUT2D eigenvalue weighted by atomic mass is 10.3. The molecule has 0 aromatic carbocycles. The summed E-state index contributed by atoms with van der Waals surface area (Å²) in [7, 11) is 0. The van der Waals surface area contributed by atoms with E-state index in [1.54, 1.807) is 0 Å². The molecule has 0 bridgehead atoms. The molecule has 1 nitrogen and oxygen atoms in total. The minimum Gasteiger partial charge on any atom is -0.232 e. The second kappa shape index (κ2) is 6.02. The Bertz CT molecular complexity index is 52.0. The first-order chi connectivity index (χ1) is 3.41. The molecule has 0 aliphatic rings. The molecule has 0 rings (SSSR count). The van der Waals surface area contributed by atoms with Gasteiger partial charge in [0.15, 0.2) is 0 Å². The summed E-state index contributed by atoms with van der Waals surface area (Å²) in [4.78, 5) is 0. The summed E-state index contributed by atoms with van der Waals surface area (Å²) in [6.45, 7) is 2.16. The third kappa shape index (κ3) is 6.02. The number of hydrogen-bond acceptors (Lipinski definition) is 2. The van der Waals surface area contributed by atoms with Gasteiger partial charge in [-0.1, -0.05) is 13.3 Å². The molecule has 0 spiro atoms. The molecule has 0 radical (unpaired) electrons. The Kier molecular flexibility index (Phi) is 6.04. The van der Waals surface area contributed by atoms with Gasteiger partial charge in [0.25, 0.3) is 0 Å². The van der Waals surface area contributed by atoms with Crippen molar-refractivity contribution in [2.24, 2.45) is 4.40 Å². The molecule has 0 saturated heterocycles. The van der Waals surface area contributed by atoms with Crippen LogP contribution >= 0.6 is 12.8 Å². The van der Waals surface area contributed by atoms with Gasteiger partial charge >= 0.3 is 0 Å². The zero-order valence-corrected chi connectivity index (χ0v) is 5.49. The van der Waals surface area contributed by atoms with Crippen LogP contribution in [0, 0.1) is 0 Å². The predicted octanol–water partition coefficient (Wildman–Crippen LogP) is 2.09. The van der Waals surface area contributed by atoms with Gasteiger partial charge in [-0.15, -0.1) is 0 Å². The molecule has 0 saturated carbocycles. The van der Waals surface area contributed by atoms with Gasteiger partial charge < -0.3 is 0 Å². The van der Waals surface area contributed by atoms with Crippen molar-refractivity contribution < 1.29 is 0 Å². The summed E-state index contributed by atoms with van der Waals surface area (Å²) < 4.78 is 3.54. The number of nitrogens with zero attached hydrogens (tertiary/aromatic N) is 1. The van der Waals surface area contributed by atoms with Crippen LogP contribution in [0.4, 0.5) is 0 Å². The fraction of sp³-hybridized carbons (Fsp3) is 0.800. The maximum absolute atomic E-state index is 3.66. The van der Waals surface area contributed by atoms with Crippen LogP contribution in [0.15, 0.2) is 4.40 Å². The number of thiol groups is 1. The molecule has 0 aliphatic carbocycles. The summed E-state index contributed by atoms with van der Waals surface area (Å²) in [6.07, 6.45) is 5.36. The molecule has 0 N–H and O–H groups in total. The van der Waals surface area contributed by atoms with E-state index in [9.17, 15) is 0 Å². The Morgan fingerprint density at radius 3 is 2.86 bits per heavy atom. The van der Waals surface area contributed by atoms with E-state index >= 15 is 0 Å². The Morgan fingerprint density at radius 2 is 2.43 bits per heavy atom. The standard InChI is InChI=1S/C5H11NS/c1-2-3-4-5-6-7/h5,7H,2-4H2,1H3. The van der Waals surface area contributed by atoms with Crippen LogP contribution in [-0.2, 0) is 0 Å². The molecule has 0 fully saturated rings. The van der Waals surface area contributed by atoms with Gasteiger partial charge in [0.1, 0.15) is 0 Å². The Hall–Kier alpha value is 0.0200. The molecule has 0 aromatic heterocycles. The molecule has 0 atom stereocenters. The van der Waals surface area contributed by atoms with Crippen molar-refractivity contribution in [2.75, 3.05) is 0 Å². The normalized spacial score (nSPS) is 10.6. The summed E-state index contributed by atoms with van der Waals surface area (Å²) >= 11 is 3.66. The third-order valence-corrected chi connectivity index (χ3v) is 0.932. The molecule has 0 aromatic rings. The number of unbranched alkanes of at least 4 members (excludes halogenated alkanes) is 2. The second-order valence-corrected chi connectivity index (χ2v) is 1.67. The molecular formula is C5H11NS. The number of rotatable bonds is 3. The van der Waals surface area contributed by atoms with Crippen molar-refractivity contribution >= 4 is 19.0 Å². The highest BCUT2D eigenvalue weighted by molar-refractivity contribution is 7.78. The lowest BCUT2D eigenvalue weighted by Gasteiger charge is -1.82. The van der Waals surface area contributed by atoms with Gasteiger partial charge in [0.2, 0.25) is 0 Å². The fourth-order valence-electron chi connectivity index (χ4n) is 0.353. The molecule has 0 amide bonds. The molecule has 42 valence electrons. The first kappa shape index (κ1) is 7.02. The Morgan fingerprint density at radius 1 is 1.71 bits per heavy atom. The molecule has 2 heteroatoms. The van der Waals surface area contributed by atoms with Crippen molar-refractivity contribution in [2.45, 2.75) is 26.2 Å². The highest BCUT2D eigenvalue weighted by Gasteiger charge is 1.74. The summed E-state index contributed by atoms with van der Waals surface area (Å²) in [5.41, 5.74) is 0. The zero-order valence-electron chi connectivity index (χ0n) is 4.59. The lowest BCUT2D eigenvalue weighted by Crippen LogP contribution is -1.70.